The maximum Gasteiger partial charge on any atom is 0.203 e. The Morgan fingerprint density at radius 2 is 0.962 bits per heavy atom. The number of benzene rings is 2. The standard InChI is InChI=1S/C19H23NO6/c1-21-14-7-12(8-15(22-2)18(14)25-5)11-20-13-9-16(23-3)19(26-6)17(10-13)24-4/h7-11H,1-6H3. The lowest BCUT2D eigenvalue weighted by molar-refractivity contribution is 0.324. The van der Waals surface area contributed by atoms with E-state index in [1.54, 1.807) is 61.0 Å². The van der Waals surface area contributed by atoms with Gasteiger partial charge in [0.1, 0.15) is 0 Å². The van der Waals surface area contributed by atoms with Gasteiger partial charge in [-0.3, -0.25) is 4.99 Å². The zero-order valence-electron chi connectivity index (χ0n) is 15.8. The average Bonchev–Trinajstić information content (AvgIpc) is 2.70. The molecule has 0 saturated heterocycles. The molecule has 0 fully saturated rings. The summed E-state index contributed by atoms with van der Waals surface area (Å²) >= 11 is 0. The lowest BCUT2D eigenvalue weighted by atomic mass is 10.2. The van der Waals surface area contributed by atoms with Crippen LogP contribution in [0, 0.1) is 0 Å². The minimum absolute atomic E-state index is 0.515. The number of hydrogen-bond acceptors (Lipinski definition) is 7. The SMILES string of the molecule is COc1cc(C=Nc2cc(OC)c(OC)c(OC)c2)cc(OC)c1OC. The molecule has 0 amide bonds. The summed E-state index contributed by atoms with van der Waals surface area (Å²) in [6.07, 6.45) is 1.69. The van der Waals surface area contributed by atoms with Crippen molar-refractivity contribution in [3.8, 4) is 34.5 Å². The number of hydrogen-bond donors (Lipinski definition) is 0. The van der Waals surface area contributed by atoms with Crippen LogP contribution in [0.15, 0.2) is 29.3 Å². The van der Waals surface area contributed by atoms with Gasteiger partial charge in [0.05, 0.1) is 48.3 Å². The quantitative estimate of drug-likeness (QED) is 0.671. The number of aliphatic imine (C=N–C) groups is 1. The predicted molar refractivity (Wildman–Crippen MR) is 99.5 cm³/mol. The van der Waals surface area contributed by atoms with Gasteiger partial charge in [-0.05, 0) is 12.1 Å². The third-order valence-corrected chi connectivity index (χ3v) is 3.70. The lowest BCUT2D eigenvalue weighted by Gasteiger charge is -2.13. The Morgan fingerprint density at radius 1 is 0.577 bits per heavy atom. The van der Waals surface area contributed by atoms with Crippen molar-refractivity contribution in [3.63, 3.8) is 0 Å². The van der Waals surface area contributed by atoms with Gasteiger partial charge in [-0.25, -0.2) is 0 Å². The van der Waals surface area contributed by atoms with Crippen LogP contribution < -0.4 is 28.4 Å². The first-order chi connectivity index (χ1) is 12.6. The molecule has 0 heterocycles. The van der Waals surface area contributed by atoms with Gasteiger partial charge in [0.25, 0.3) is 0 Å². The summed E-state index contributed by atoms with van der Waals surface area (Å²) in [6, 6.07) is 7.14. The zero-order valence-corrected chi connectivity index (χ0v) is 15.8. The van der Waals surface area contributed by atoms with Crippen molar-refractivity contribution in [2.45, 2.75) is 0 Å². The van der Waals surface area contributed by atoms with Crippen molar-refractivity contribution in [3.05, 3.63) is 29.8 Å². The van der Waals surface area contributed by atoms with Crippen molar-refractivity contribution in [2.24, 2.45) is 4.99 Å². The Kier molecular flexibility index (Phi) is 6.54. The van der Waals surface area contributed by atoms with Gasteiger partial charge < -0.3 is 28.4 Å². The molecule has 2 aromatic carbocycles. The molecule has 0 aliphatic heterocycles. The van der Waals surface area contributed by atoms with Crippen LogP contribution in [0.3, 0.4) is 0 Å². The van der Waals surface area contributed by atoms with E-state index < -0.39 is 0 Å². The van der Waals surface area contributed by atoms with Crippen LogP contribution in [0.4, 0.5) is 5.69 Å². The van der Waals surface area contributed by atoms with E-state index in [9.17, 15) is 0 Å². The van der Waals surface area contributed by atoms with Gasteiger partial charge in [-0.15, -0.1) is 0 Å². The van der Waals surface area contributed by atoms with E-state index in [-0.39, 0.29) is 0 Å². The van der Waals surface area contributed by atoms with Crippen molar-refractivity contribution < 1.29 is 28.4 Å². The molecule has 0 aromatic heterocycles. The smallest absolute Gasteiger partial charge is 0.203 e. The zero-order chi connectivity index (χ0) is 19.1. The Balaban J connectivity index is 2.44. The van der Waals surface area contributed by atoms with Gasteiger partial charge in [0.2, 0.25) is 11.5 Å². The van der Waals surface area contributed by atoms with E-state index in [1.807, 2.05) is 12.1 Å². The predicted octanol–water partition coefficient (Wildman–Crippen LogP) is 3.49. The first-order valence-corrected chi connectivity index (χ1v) is 7.75. The summed E-state index contributed by atoms with van der Waals surface area (Å²) in [7, 11) is 9.37. The molecule has 2 aromatic rings. The van der Waals surface area contributed by atoms with Crippen molar-refractivity contribution in [1.82, 2.24) is 0 Å². The molecule has 7 heteroatoms. The van der Waals surface area contributed by atoms with Crippen molar-refractivity contribution >= 4 is 11.9 Å². The van der Waals surface area contributed by atoms with Gasteiger partial charge in [-0.2, -0.15) is 0 Å². The average molecular weight is 361 g/mol. The third kappa shape index (κ3) is 3.93. The fourth-order valence-corrected chi connectivity index (χ4v) is 2.47. The first kappa shape index (κ1) is 19.2. The molecule has 2 rings (SSSR count). The van der Waals surface area contributed by atoms with Crippen LogP contribution in [0.5, 0.6) is 34.5 Å². The summed E-state index contributed by atoms with van der Waals surface area (Å²) < 4.78 is 32.0. The first-order valence-electron chi connectivity index (χ1n) is 7.75. The summed E-state index contributed by atoms with van der Waals surface area (Å²) in [5, 5.41) is 0. The second kappa shape index (κ2) is 8.84. The van der Waals surface area contributed by atoms with E-state index in [0.29, 0.717) is 40.2 Å². The molecule has 0 aliphatic carbocycles. The van der Waals surface area contributed by atoms with Crippen molar-refractivity contribution in [2.75, 3.05) is 42.7 Å². The van der Waals surface area contributed by atoms with Crippen LogP contribution in [0.2, 0.25) is 0 Å². The third-order valence-electron chi connectivity index (χ3n) is 3.70. The van der Waals surface area contributed by atoms with Gasteiger partial charge in [0.15, 0.2) is 23.0 Å². The summed E-state index contributed by atoms with van der Waals surface area (Å²) in [5.41, 5.74) is 1.43. The Bertz CT molecular complexity index is 672. The maximum atomic E-state index is 5.35. The molecule has 0 spiro atoms. The fraction of sp³-hybridized carbons (Fsp3) is 0.316. The molecule has 0 radical (unpaired) electrons. The molecule has 0 aliphatic rings. The van der Waals surface area contributed by atoms with Crippen LogP contribution >= 0.6 is 0 Å². The van der Waals surface area contributed by atoms with E-state index in [2.05, 4.69) is 4.99 Å². The fourth-order valence-electron chi connectivity index (χ4n) is 2.47. The van der Waals surface area contributed by atoms with E-state index in [4.69, 9.17) is 28.4 Å². The molecule has 7 nitrogen and oxygen atoms in total. The molecule has 26 heavy (non-hydrogen) atoms. The van der Waals surface area contributed by atoms with Crippen LogP contribution in [-0.4, -0.2) is 48.9 Å². The Hall–Kier alpha value is -3.09. The largest absolute Gasteiger partial charge is 0.493 e. The van der Waals surface area contributed by atoms with E-state index >= 15 is 0 Å². The molecular formula is C19H23NO6. The molecular weight excluding hydrogens is 338 g/mol. The summed E-state index contributed by atoms with van der Waals surface area (Å²) in [5.74, 6) is 3.21. The number of methoxy groups -OCH3 is 6. The molecule has 0 N–H and O–H groups in total. The normalized spacial score (nSPS) is 10.5. The monoisotopic (exact) mass is 361 g/mol. The van der Waals surface area contributed by atoms with E-state index in [1.165, 1.54) is 0 Å². The number of ether oxygens (including phenoxy) is 6. The highest BCUT2D eigenvalue weighted by molar-refractivity contribution is 5.85. The summed E-state index contributed by atoms with van der Waals surface area (Å²) in [4.78, 5) is 4.48. The molecule has 0 saturated carbocycles. The molecule has 140 valence electrons. The summed E-state index contributed by atoms with van der Waals surface area (Å²) in [6.45, 7) is 0. The highest BCUT2D eigenvalue weighted by Crippen LogP contribution is 2.41. The number of nitrogens with zero attached hydrogens (tertiary/aromatic N) is 1. The van der Waals surface area contributed by atoms with Gasteiger partial charge in [0, 0.05) is 23.9 Å². The van der Waals surface area contributed by atoms with Crippen molar-refractivity contribution in [1.29, 1.82) is 0 Å². The maximum absolute atomic E-state index is 5.35. The van der Waals surface area contributed by atoms with Gasteiger partial charge in [-0.1, -0.05) is 0 Å². The van der Waals surface area contributed by atoms with Crippen LogP contribution in [0.25, 0.3) is 0 Å². The second-order valence-electron chi connectivity index (χ2n) is 5.10. The lowest BCUT2D eigenvalue weighted by Crippen LogP contribution is -1.97. The number of rotatable bonds is 8. The minimum atomic E-state index is 0.515. The van der Waals surface area contributed by atoms with Crippen LogP contribution in [0.1, 0.15) is 5.56 Å². The minimum Gasteiger partial charge on any atom is -0.493 e. The molecule has 0 unspecified atom stereocenters. The Labute approximate surface area is 153 Å². The Morgan fingerprint density at radius 3 is 1.31 bits per heavy atom. The highest BCUT2D eigenvalue weighted by Gasteiger charge is 2.14. The van der Waals surface area contributed by atoms with E-state index in [0.717, 1.165) is 5.56 Å². The molecule has 0 bridgehead atoms. The second-order valence-corrected chi connectivity index (χ2v) is 5.10. The highest BCUT2D eigenvalue weighted by atomic mass is 16.5. The molecule has 0 atom stereocenters. The van der Waals surface area contributed by atoms with Crippen LogP contribution in [-0.2, 0) is 0 Å². The van der Waals surface area contributed by atoms with Gasteiger partial charge >= 0.3 is 0 Å². The topological polar surface area (TPSA) is 67.7 Å².